The molecule has 144 valence electrons. The highest BCUT2D eigenvalue weighted by atomic mass is 35.5. The van der Waals surface area contributed by atoms with Crippen LogP contribution in [0.15, 0.2) is 42.5 Å². The molecular formula is C21H26ClN2O3+. The molecule has 1 N–H and O–H groups in total. The fourth-order valence-electron chi connectivity index (χ4n) is 3.40. The van der Waals surface area contributed by atoms with Gasteiger partial charge < -0.3 is 19.3 Å². The number of piperazine rings is 1. The summed E-state index contributed by atoms with van der Waals surface area (Å²) in [6.07, 6.45) is 0. The molecule has 27 heavy (non-hydrogen) atoms. The van der Waals surface area contributed by atoms with Gasteiger partial charge in [-0.15, -0.1) is 0 Å². The van der Waals surface area contributed by atoms with E-state index in [4.69, 9.17) is 21.1 Å². The van der Waals surface area contributed by atoms with Crippen molar-refractivity contribution in [2.45, 2.75) is 13.5 Å². The van der Waals surface area contributed by atoms with Crippen LogP contribution in [0.5, 0.6) is 11.5 Å². The van der Waals surface area contributed by atoms with Gasteiger partial charge in [-0.05, 0) is 37.3 Å². The monoisotopic (exact) mass is 389 g/mol. The molecule has 0 aromatic heterocycles. The van der Waals surface area contributed by atoms with Gasteiger partial charge in [0.05, 0.1) is 39.9 Å². The second-order valence-corrected chi connectivity index (χ2v) is 7.08. The van der Waals surface area contributed by atoms with Gasteiger partial charge in [-0.1, -0.05) is 23.7 Å². The molecule has 0 saturated carbocycles. The smallest absolute Gasteiger partial charge is 0.254 e. The van der Waals surface area contributed by atoms with Crippen LogP contribution in [0, 0.1) is 0 Å². The minimum atomic E-state index is 0.0400. The number of hydrogen-bond acceptors (Lipinski definition) is 3. The van der Waals surface area contributed by atoms with Gasteiger partial charge in [-0.2, -0.15) is 0 Å². The summed E-state index contributed by atoms with van der Waals surface area (Å²) in [5.41, 5.74) is 1.86. The molecule has 5 nitrogen and oxygen atoms in total. The number of benzene rings is 2. The summed E-state index contributed by atoms with van der Waals surface area (Å²) < 4.78 is 10.9. The first-order valence-electron chi connectivity index (χ1n) is 9.29. The summed E-state index contributed by atoms with van der Waals surface area (Å²) in [6, 6.07) is 13.4. The lowest BCUT2D eigenvalue weighted by Gasteiger charge is -2.32. The van der Waals surface area contributed by atoms with E-state index in [1.807, 2.05) is 30.0 Å². The highest BCUT2D eigenvalue weighted by Gasteiger charge is 2.25. The van der Waals surface area contributed by atoms with Crippen LogP contribution in [0.4, 0.5) is 0 Å². The minimum Gasteiger partial charge on any atom is -0.493 e. The van der Waals surface area contributed by atoms with Gasteiger partial charge >= 0.3 is 0 Å². The fourth-order valence-corrected chi connectivity index (χ4v) is 3.61. The Labute approximate surface area is 165 Å². The molecule has 0 bridgehead atoms. The first-order chi connectivity index (χ1) is 13.1. The largest absolute Gasteiger partial charge is 0.493 e. The number of halogens is 1. The molecule has 1 heterocycles. The lowest BCUT2D eigenvalue weighted by molar-refractivity contribution is -0.917. The van der Waals surface area contributed by atoms with Crippen LogP contribution in [0.25, 0.3) is 0 Å². The average molecular weight is 390 g/mol. The van der Waals surface area contributed by atoms with Crippen molar-refractivity contribution in [1.82, 2.24) is 4.90 Å². The Bertz CT molecular complexity index is 789. The van der Waals surface area contributed by atoms with Crippen molar-refractivity contribution in [2.24, 2.45) is 0 Å². The second kappa shape index (κ2) is 9.11. The number of nitrogens with one attached hydrogen (secondary N) is 1. The zero-order chi connectivity index (χ0) is 19.2. The minimum absolute atomic E-state index is 0.0400. The number of rotatable bonds is 6. The van der Waals surface area contributed by atoms with E-state index in [-0.39, 0.29) is 5.91 Å². The van der Waals surface area contributed by atoms with Crippen molar-refractivity contribution in [2.75, 3.05) is 39.9 Å². The second-order valence-electron chi connectivity index (χ2n) is 6.65. The summed E-state index contributed by atoms with van der Waals surface area (Å²) in [5, 5.41) is 0.769. The lowest BCUT2D eigenvalue weighted by Crippen LogP contribution is -3.13. The van der Waals surface area contributed by atoms with E-state index in [0.717, 1.165) is 37.7 Å². The average Bonchev–Trinajstić information content (AvgIpc) is 2.68. The summed E-state index contributed by atoms with van der Waals surface area (Å²) in [5.74, 6) is 1.29. The van der Waals surface area contributed by atoms with Crippen LogP contribution in [-0.4, -0.2) is 50.7 Å². The normalized spacial score (nSPS) is 14.9. The van der Waals surface area contributed by atoms with Gasteiger partial charge in [-0.25, -0.2) is 0 Å². The first-order valence-corrected chi connectivity index (χ1v) is 9.66. The van der Waals surface area contributed by atoms with Crippen molar-refractivity contribution >= 4 is 17.5 Å². The molecule has 1 fully saturated rings. The molecule has 0 unspecified atom stereocenters. The summed E-state index contributed by atoms with van der Waals surface area (Å²) in [6.45, 7) is 6.73. The number of nitrogens with zero attached hydrogens (tertiary/aromatic N) is 1. The maximum atomic E-state index is 12.8. The third-order valence-electron chi connectivity index (χ3n) is 4.81. The Balaban J connectivity index is 1.59. The van der Waals surface area contributed by atoms with E-state index < -0.39 is 0 Å². The number of quaternary nitrogens is 1. The SMILES string of the molecule is CCOc1ccc(C(=O)N2CC[NH+](Cc3cccc(Cl)c3)CC2)cc1OC. The van der Waals surface area contributed by atoms with E-state index in [1.165, 1.54) is 10.5 Å². The van der Waals surface area contributed by atoms with E-state index in [0.29, 0.717) is 23.7 Å². The third-order valence-corrected chi connectivity index (χ3v) is 5.05. The van der Waals surface area contributed by atoms with Crippen LogP contribution < -0.4 is 14.4 Å². The molecule has 0 spiro atoms. The van der Waals surface area contributed by atoms with Crippen LogP contribution in [-0.2, 0) is 6.54 Å². The quantitative estimate of drug-likeness (QED) is 0.824. The Morgan fingerprint density at radius 1 is 1.15 bits per heavy atom. The number of amides is 1. The maximum absolute atomic E-state index is 12.8. The molecular weight excluding hydrogens is 364 g/mol. The number of hydrogen-bond donors (Lipinski definition) is 1. The van der Waals surface area contributed by atoms with Crippen LogP contribution >= 0.6 is 11.6 Å². The van der Waals surface area contributed by atoms with Crippen LogP contribution in [0.2, 0.25) is 5.02 Å². The van der Waals surface area contributed by atoms with Crippen molar-refractivity contribution in [3.8, 4) is 11.5 Å². The Morgan fingerprint density at radius 3 is 2.59 bits per heavy atom. The molecule has 0 aliphatic carbocycles. The molecule has 1 aliphatic rings. The van der Waals surface area contributed by atoms with Crippen molar-refractivity contribution in [1.29, 1.82) is 0 Å². The predicted octanol–water partition coefficient (Wildman–Crippen LogP) is 2.29. The van der Waals surface area contributed by atoms with Gasteiger partial charge in [-0.3, -0.25) is 4.79 Å². The van der Waals surface area contributed by atoms with Crippen molar-refractivity contribution in [3.05, 3.63) is 58.6 Å². The maximum Gasteiger partial charge on any atom is 0.254 e. The summed E-state index contributed by atoms with van der Waals surface area (Å²) in [4.78, 5) is 16.2. The molecule has 1 amide bonds. The topological polar surface area (TPSA) is 43.2 Å². The zero-order valence-electron chi connectivity index (χ0n) is 15.8. The van der Waals surface area contributed by atoms with Gasteiger partial charge in [0.25, 0.3) is 5.91 Å². The highest BCUT2D eigenvalue weighted by molar-refractivity contribution is 6.30. The molecule has 1 saturated heterocycles. The van der Waals surface area contributed by atoms with E-state index in [9.17, 15) is 4.79 Å². The predicted molar refractivity (Wildman–Crippen MR) is 106 cm³/mol. The first kappa shape index (κ1) is 19.5. The number of ether oxygens (including phenoxy) is 2. The summed E-state index contributed by atoms with van der Waals surface area (Å²) in [7, 11) is 1.59. The molecule has 1 aliphatic heterocycles. The van der Waals surface area contributed by atoms with Gasteiger partial charge in [0.15, 0.2) is 11.5 Å². The zero-order valence-corrected chi connectivity index (χ0v) is 16.6. The van der Waals surface area contributed by atoms with Crippen LogP contribution in [0.3, 0.4) is 0 Å². The number of carbonyl (C=O) groups is 1. The number of methoxy groups -OCH3 is 1. The molecule has 2 aromatic carbocycles. The molecule has 2 aromatic rings. The molecule has 0 radical (unpaired) electrons. The molecule has 6 heteroatoms. The Hall–Kier alpha value is -2.24. The highest BCUT2D eigenvalue weighted by Crippen LogP contribution is 2.28. The van der Waals surface area contributed by atoms with E-state index in [1.54, 1.807) is 25.3 Å². The Kier molecular flexibility index (Phi) is 6.58. The third kappa shape index (κ3) is 4.93. The van der Waals surface area contributed by atoms with Gasteiger partial charge in [0.1, 0.15) is 6.54 Å². The molecule has 3 rings (SSSR count). The van der Waals surface area contributed by atoms with Crippen LogP contribution in [0.1, 0.15) is 22.8 Å². The Morgan fingerprint density at radius 2 is 1.93 bits per heavy atom. The standard InChI is InChI=1S/C21H25ClN2O3/c1-3-27-19-8-7-17(14-20(19)26-2)21(25)24-11-9-23(10-12-24)15-16-5-4-6-18(22)13-16/h4-8,13-14H,3,9-12,15H2,1-2H3/p+1. The van der Waals surface area contributed by atoms with Gasteiger partial charge in [0.2, 0.25) is 0 Å². The lowest BCUT2D eigenvalue weighted by atomic mass is 10.1. The molecule has 0 atom stereocenters. The van der Waals surface area contributed by atoms with E-state index >= 15 is 0 Å². The van der Waals surface area contributed by atoms with E-state index in [2.05, 4.69) is 6.07 Å². The fraction of sp³-hybridized carbons (Fsp3) is 0.381. The van der Waals surface area contributed by atoms with Crippen molar-refractivity contribution in [3.63, 3.8) is 0 Å². The van der Waals surface area contributed by atoms with Gasteiger partial charge in [0, 0.05) is 16.1 Å². The van der Waals surface area contributed by atoms with Crippen molar-refractivity contribution < 1.29 is 19.2 Å². The summed E-state index contributed by atoms with van der Waals surface area (Å²) >= 11 is 6.07. The number of carbonyl (C=O) groups excluding carboxylic acids is 1.